The average Bonchev–Trinajstić information content (AvgIpc) is 2.77. The van der Waals surface area contributed by atoms with Crippen molar-refractivity contribution in [3.63, 3.8) is 0 Å². The summed E-state index contributed by atoms with van der Waals surface area (Å²) in [5.41, 5.74) is 2.34. The largest absolute Gasteiger partial charge is 0.439 e. The van der Waals surface area contributed by atoms with E-state index in [0.29, 0.717) is 17.6 Å². The van der Waals surface area contributed by atoms with Crippen molar-refractivity contribution in [3.05, 3.63) is 72.1 Å². The third-order valence-electron chi connectivity index (χ3n) is 5.24. The zero-order valence-electron chi connectivity index (χ0n) is 17.0. The van der Waals surface area contributed by atoms with Crippen LogP contribution in [0.2, 0.25) is 0 Å². The molecule has 30 heavy (non-hydrogen) atoms. The number of hydrogen-bond acceptors (Lipinski definition) is 5. The predicted molar refractivity (Wildman–Crippen MR) is 115 cm³/mol. The van der Waals surface area contributed by atoms with Crippen LogP contribution in [0.4, 0.5) is 10.6 Å². The summed E-state index contributed by atoms with van der Waals surface area (Å²) in [5, 5.41) is 10.5. The van der Waals surface area contributed by atoms with Gasteiger partial charge < -0.3 is 9.64 Å². The van der Waals surface area contributed by atoms with E-state index in [1.165, 1.54) is 5.56 Å². The molecule has 0 bridgehead atoms. The molecule has 1 fully saturated rings. The van der Waals surface area contributed by atoms with Gasteiger partial charge in [-0.05, 0) is 67.5 Å². The van der Waals surface area contributed by atoms with E-state index in [1.54, 1.807) is 24.5 Å². The third kappa shape index (κ3) is 5.31. The normalized spacial score (nSPS) is 14.4. The highest BCUT2D eigenvalue weighted by atomic mass is 16.5. The van der Waals surface area contributed by atoms with Gasteiger partial charge in [0.15, 0.2) is 5.82 Å². The van der Waals surface area contributed by atoms with Crippen molar-refractivity contribution in [2.24, 2.45) is 5.92 Å². The number of urea groups is 1. The van der Waals surface area contributed by atoms with Gasteiger partial charge in [0.1, 0.15) is 5.75 Å². The summed E-state index contributed by atoms with van der Waals surface area (Å²) < 4.78 is 5.89. The van der Waals surface area contributed by atoms with E-state index in [9.17, 15) is 4.79 Å². The van der Waals surface area contributed by atoms with E-state index >= 15 is 0 Å². The van der Waals surface area contributed by atoms with E-state index in [0.717, 1.165) is 43.7 Å². The Balaban J connectivity index is 1.28. The van der Waals surface area contributed by atoms with E-state index in [2.05, 4.69) is 32.6 Å². The molecule has 0 spiro atoms. The number of hydrogen-bond donors (Lipinski definition) is 1. The molecule has 1 aromatic carbocycles. The molecule has 2 aromatic heterocycles. The fourth-order valence-corrected chi connectivity index (χ4v) is 3.60. The van der Waals surface area contributed by atoms with Gasteiger partial charge in [-0.15, -0.1) is 5.10 Å². The van der Waals surface area contributed by atoms with E-state index in [-0.39, 0.29) is 6.03 Å². The molecule has 7 heteroatoms. The summed E-state index contributed by atoms with van der Waals surface area (Å²) in [6.07, 6.45) is 6.29. The SMILES string of the molecule is Cc1ccc(Oc2cccc(CC3CCN(C(=O)Nc4cccnn4)CC3)c2)nc1. The number of rotatable bonds is 5. The number of ether oxygens (including phenoxy) is 1. The van der Waals surface area contributed by atoms with Crippen molar-refractivity contribution >= 4 is 11.8 Å². The number of carbonyl (C=O) groups is 1. The molecule has 7 nitrogen and oxygen atoms in total. The van der Waals surface area contributed by atoms with E-state index < -0.39 is 0 Å². The second kappa shape index (κ2) is 9.35. The quantitative estimate of drug-likeness (QED) is 0.680. The molecule has 1 saturated heterocycles. The van der Waals surface area contributed by atoms with Crippen LogP contribution in [0.15, 0.2) is 60.9 Å². The lowest BCUT2D eigenvalue weighted by Crippen LogP contribution is -2.41. The summed E-state index contributed by atoms with van der Waals surface area (Å²) in [6.45, 7) is 3.47. The summed E-state index contributed by atoms with van der Waals surface area (Å²) in [4.78, 5) is 18.5. The molecular formula is C23H25N5O2. The first-order valence-electron chi connectivity index (χ1n) is 10.2. The fourth-order valence-electron chi connectivity index (χ4n) is 3.60. The lowest BCUT2D eigenvalue weighted by Gasteiger charge is -2.32. The second-order valence-corrected chi connectivity index (χ2v) is 7.60. The molecule has 0 saturated carbocycles. The minimum absolute atomic E-state index is 0.116. The Morgan fingerprint density at radius 1 is 1.17 bits per heavy atom. The second-order valence-electron chi connectivity index (χ2n) is 7.60. The van der Waals surface area contributed by atoms with Crippen molar-refractivity contribution in [2.45, 2.75) is 26.2 Å². The van der Waals surface area contributed by atoms with Crippen LogP contribution in [0.5, 0.6) is 11.6 Å². The Morgan fingerprint density at radius 3 is 2.77 bits per heavy atom. The van der Waals surface area contributed by atoms with Crippen LogP contribution >= 0.6 is 0 Å². The zero-order chi connectivity index (χ0) is 20.8. The molecule has 3 aromatic rings. The summed E-state index contributed by atoms with van der Waals surface area (Å²) in [5.74, 6) is 2.41. The molecule has 2 amide bonds. The van der Waals surface area contributed by atoms with Gasteiger partial charge in [0, 0.05) is 31.5 Å². The molecule has 0 unspecified atom stereocenters. The van der Waals surface area contributed by atoms with Gasteiger partial charge in [0.05, 0.1) is 0 Å². The van der Waals surface area contributed by atoms with Crippen molar-refractivity contribution in [3.8, 4) is 11.6 Å². The number of pyridine rings is 1. The fraction of sp³-hybridized carbons (Fsp3) is 0.304. The zero-order valence-corrected chi connectivity index (χ0v) is 17.0. The van der Waals surface area contributed by atoms with Crippen LogP contribution in [0.3, 0.4) is 0 Å². The van der Waals surface area contributed by atoms with Crippen molar-refractivity contribution in [1.82, 2.24) is 20.1 Å². The van der Waals surface area contributed by atoms with Crippen LogP contribution < -0.4 is 10.1 Å². The molecule has 1 aliphatic rings. The average molecular weight is 403 g/mol. The Bertz CT molecular complexity index is 970. The van der Waals surface area contributed by atoms with Gasteiger partial charge in [0.25, 0.3) is 0 Å². The molecule has 3 heterocycles. The van der Waals surface area contributed by atoms with Crippen LogP contribution in [-0.4, -0.2) is 39.2 Å². The highest BCUT2D eigenvalue weighted by Crippen LogP contribution is 2.26. The number of aryl methyl sites for hydroxylation is 1. The predicted octanol–water partition coefficient (Wildman–Crippen LogP) is 4.46. The van der Waals surface area contributed by atoms with E-state index in [4.69, 9.17) is 4.74 Å². The first kappa shape index (κ1) is 19.8. The standard InChI is InChI=1S/C23H25N5O2/c1-17-7-8-22(24-16-17)30-20-5-2-4-19(15-20)14-18-9-12-28(13-10-18)23(29)26-21-6-3-11-25-27-21/h2-8,11,15-16,18H,9-10,12-14H2,1H3,(H,26,27,29). The molecule has 0 radical (unpaired) electrons. The van der Waals surface area contributed by atoms with Crippen LogP contribution in [-0.2, 0) is 6.42 Å². The summed E-state index contributed by atoms with van der Waals surface area (Å²) >= 11 is 0. The van der Waals surface area contributed by atoms with Crippen molar-refractivity contribution in [1.29, 1.82) is 0 Å². The number of nitrogens with one attached hydrogen (secondary N) is 1. The van der Waals surface area contributed by atoms with Gasteiger partial charge >= 0.3 is 6.03 Å². The lowest BCUT2D eigenvalue weighted by molar-refractivity contribution is 0.182. The first-order valence-corrected chi connectivity index (χ1v) is 10.2. The lowest BCUT2D eigenvalue weighted by atomic mass is 9.90. The number of nitrogens with zero attached hydrogens (tertiary/aromatic N) is 4. The molecule has 4 rings (SSSR count). The number of anilines is 1. The Hall–Kier alpha value is -3.48. The highest BCUT2D eigenvalue weighted by molar-refractivity contribution is 5.88. The molecule has 0 atom stereocenters. The highest BCUT2D eigenvalue weighted by Gasteiger charge is 2.23. The number of likely N-dealkylation sites (tertiary alicyclic amines) is 1. The smallest absolute Gasteiger partial charge is 0.323 e. The summed E-state index contributed by atoms with van der Waals surface area (Å²) in [7, 11) is 0. The number of amides is 2. The number of benzene rings is 1. The van der Waals surface area contributed by atoms with Gasteiger partial charge in [-0.3, -0.25) is 5.32 Å². The Labute approximate surface area is 176 Å². The Kier molecular flexibility index (Phi) is 6.17. The number of piperidine rings is 1. The van der Waals surface area contributed by atoms with Crippen molar-refractivity contribution in [2.75, 3.05) is 18.4 Å². The maximum atomic E-state index is 12.4. The molecule has 0 aliphatic carbocycles. The van der Waals surface area contributed by atoms with Crippen molar-refractivity contribution < 1.29 is 9.53 Å². The molecule has 1 aliphatic heterocycles. The van der Waals surface area contributed by atoms with Gasteiger partial charge in [-0.25, -0.2) is 9.78 Å². The van der Waals surface area contributed by atoms with Crippen LogP contribution in [0.1, 0.15) is 24.0 Å². The van der Waals surface area contributed by atoms with E-state index in [1.807, 2.05) is 36.1 Å². The topological polar surface area (TPSA) is 80.2 Å². The maximum Gasteiger partial charge on any atom is 0.323 e. The number of aromatic nitrogens is 3. The minimum atomic E-state index is -0.116. The monoisotopic (exact) mass is 403 g/mol. The van der Waals surface area contributed by atoms with Crippen LogP contribution in [0, 0.1) is 12.8 Å². The Morgan fingerprint density at radius 2 is 2.03 bits per heavy atom. The number of carbonyl (C=O) groups excluding carboxylic acids is 1. The molecular weight excluding hydrogens is 378 g/mol. The maximum absolute atomic E-state index is 12.4. The molecule has 154 valence electrons. The van der Waals surface area contributed by atoms with Gasteiger partial charge in [-0.1, -0.05) is 18.2 Å². The van der Waals surface area contributed by atoms with Gasteiger partial charge in [-0.2, -0.15) is 5.10 Å². The van der Waals surface area contributed by atoms with Gasteiger partial charge in [0.2, 0.25) is 5.88 Å². The summed E-state index contributed by atoms with van der Waals surface area (Å²) in [6, 6.07) is 15.4. The minimum Gasteiger partial charge on any atom is -0.439 e. The third-order valence-corrected chi connectivity index (χ3v) is 5.24. The molecule has 1 N–H and O–H groups in total. The first-order chi connectivity index (χ1) is 14.7. The van der Waals surface area contributed by atoms with Crippen LogP contribution in [0.25, 0.3) is 0 Å².